The predicted octanol–water partition coefficient (Wildman–Crippen LogP) is 8.65. The fraction of sp³-hybridized carbons (Fsp3) is 0.395. The molecule has 6 heteroatoms. The van der Waals surface area contributed by atoms with Gasteiger partial charge < -0.3 is 20.1 Å². The summed E-state index contributed by atoms with van der Waals surface area (Å²) < 4.78 is 11.0. The number of carbonyl (C=O) groups is 2. The Labute approximate surface area is 294 Å². The van der Waals surface area contributed by atoms with Crippen LogP contribution in [0.5, 0.6) is 0 Å². The number of unbranched alkanes of at least 4 members (excludes halogenated alkanes) is 1. The van der Waals surface area contributed by atoms with Crippen LogP contribution in [0.3, 0.4) is 0 Å². The Balaban J connectivity index is 0.000000266. The van der Waals surface area contributed by atoms with Crippen molar-refractivity contribution in [2.24, 2.45) is 11.8 Å². The first kappa shape index (κ1) is 39.2. The molecule has 0 aliphatic carbocycles. The van der Waals surface area contributed by atoms with Gasteiger partial charge in [0.2, 0.25) is 11.8 Å². The maximum absolute atomic E-state index is 13.3. The average molecular weight is 665 g/mol. The second kappa shape index (κ2) is 20.3. The summed E-state index contributed by atoms with van der Waals surface area (Å²) in [5, 5.41) is 5.98. The number of ether oxygens (including phenoxy) is 2. The molecule has 0 aliphatic rings. The zero-order chi connectivity index (χ0) is 35.5. The van der Waals surface area contributed by atoms with Gasteiger partial charge in [-0.15, -0.1) is 0 Å². The van der Waals surface area contributed by atoms with Crippen LogP contribution in [0.1, 0.15) is 83.1 Å². The van der Waals surface area contributed by atoms with Crippen LogP contribution in [0.2, 0.25) is 0 Å². The Morgan fingerprint density at radius 2 is 0.816 bits per heavy atom. The highest BCUT2D eigenvalue weighted by atomic mass is 16.5. The normalized spacial score (nSPS) is 11.5. The maximum atomic E-state index is 13.3. The summed E-state index contributed by atoms with van der Waals surface area (Å²) in [7, 11) is 0. The van der Waals surface area contributed by atoms with Crippen LogP contribution >= 0.6 is 0 Å². The van der Waals surface area contributed by atoms with E-state index in [4.69, 9.17) is 9.47 Å². The van der Waals surface area contributed by atoms with Crippen molar-refractivity contribution < 1.29 is 19.1 Å². The number of benzene rings is 4. The molecule has 4 rings (SSSR count). The van der Waals surface area contributed by atoms with Gasteiger partial charge in [-0.25, -0.2) is 0 Å². The Morgan fingerprint density at radius 3 is 1.08 bits per heavy atom. The first-order valence-electron chi connectivity index (χ1n) is 17.7. The lowest BCUT2D eigenvalue weighted by atomic mass is 9.66. The molecule has 0 aromatic heterocycles. The molecule has 4 aromatic carbocycles. The molecule has 49 heavy (non-hydrogen) atoms. The van der Waals surface area contributed by atoms with Crippen LogP contribution in [0.15, 0.2) is 121 Å². The maximum Gasteiger partial charge on any atom is 0.237 e. The minimum Gasteiger partial charge on any atom is -0.361 e. The van der Waals surface area contributed by atoms with E-state index in [1.165, 1.54) is 0 Å². The van der Waals surface area contributed by atoms with Gasteiger partial charge >= 0.3 is 0 Å². The van der Waals surface area contributed by atoms with Crippen LogP contribution in [0.25, 0.3) is 0 Å². The SMILES string of the molecule is CCCCOCNC(=O)C(c1ccccc1)(c1ccccc1)C(C)C.CCCOCNC(=O)C(c1ccccc1)(c1ccccc1)C(C)C. The minimum absolute atomic E-state index is 0.0172. The van der Waals surface area contributed by atoms with E-state index in [1.54, 1.807) is 0 Å². The summed E-state index contributed by atoms with van der Waals surface area (Å²) in [6.45, 7) is 14.3. The molecule has 6 nitrogen and oxygen atoms in total. The third kappa shape index (κ3) is 9.68. The van der Waals surface area contributed by atoms with E-state index in [2.05, 4.69) is 45.3 Å². The van der Waals surface area contributed by atoms with E-state index in [1.807, 2.05) is 128 Å². The van der Waals surface area contributed by atoms with Crippen molar-refractivity contribution >= 4 is 11.8 Å². The van der Waals surface area contributed by atoms with Crippen LogP contribution in [0, 0.1) is 11.8 Å². The van der Waals surface area contributed by atoms with Gasteiger partial charge in [0.25, 0.3) is 0 Å². The predicted molar refractivity (Wildman–Crippen MR) is 200 cm³/mol. The summed E-state index contributed by atoms with van der Waals surface area (Å²) in [6, 6.07) is 40.0. The number of hydrogen-bond donors (Lipinski definition) is 2. The van der Waals surface area contributed by atoms with E-state index in [9.17, 15) is 9.59 Å². The minimum atomic E-state index is -0.739. The zero-order valence-electron chi connectivity index (χ0n) is 30.3. The zero-order valence-corrected chi connectivity index (χ0v) is 30.3. The molecule has 2 amide bonds. The van der Waals surface area contributed by atoms with Crippen molar-refractivity contribution in [3.05, 3.63) is 144 Å². The van der Waals surface area contributed by atoms with Gasteiger partial charge in [-0.3, -0.25) is 9.59 Å². The van der Waals surface area contributed by atoms with Gasteiger partial charge in [0.15, 0.2) is 0 Å². The fourth-order valence-electron chi connectivity index (χ4n) is 6.57. The van der Waals surface area contributed by atoms with Crippen molar-refractivity contribution in [1.29, 1.82) is 0 Å². The smallest absolute Gasteiger partial charge is 0.237 e. The fourth-order valence-corrected chi connectivity index (χ4v) is 6.57. The highest BCUT2D eigenvalue weighted by molar-refractivity contribution is 5.93. The highest BCUT2D eigenvalue weighted by Crippen LogP contribution is 2.41. The molecule has 0 spiro atoms. The number of carbonyl (C=O) groups excluding carboxylic acids is 2. The van der Waals surface area contributed by atoms with Crippen LogP contribution in [-0.2, 0) is 29.9 Å². The Morgan fingerprint density at radius 1 is 0.510 bits per heavy atom. The largest absolute Gasteiger partial charge is 0.361 e. The lowest BCUT2D eigenvalue weighted by molar-refractivity contribution is -0.129. The first-order valence-corrected chi connectivity index (χ1v) is 17.7. The lowest BCUT2D eigenvalue weighted by Gasteiger charge is -2.37. The number of rotatable bonds is 17. The summed E-state index contributed by atoms with van der Waals surface area (Å²) in [6.07, 6.45) is 3.02. The van der Waals surface area contributed by atoms with E-state index >= 15 is 0 Å². The quantitative estimate of drug-likeness (QED) is 0.0875. The Bertz CT molecular complexity index is 1410. The van der Waals surface area contributed by atoms with Gasteiger partial charge in [0, 0.05) is 13.2 Å². The average Bonchev–Trinajstić information content (AvgIpc) is 3.12. The molecule has 0 saturated heterocycles. The van der Waals surface area contributed by atoms with E-state index in [-0.39, 0.29) is 37.1 Å². The van der Waals surface area contributed by atoms with Gasteiger partial charge in [-0.05, 0) is 46.9 Å². The van der Waals surface area contributed by atoms with Crippen LogP contribution < -0.4 is 10.6 Å². The summed E-state index contributed by atoms with van der Waals surface area (Å²) in [4.78, 5) is 26.6. The Hall–Kier alpha value is -4.26. The van der Waals surface area contributed by atoms with Crippen molar-refractivity contribution in [1.82, 2.24) is 10.6 Å². The molecule has 262 valence electrons. The lowest BCUT2D eigenvalue weighted by Crippen LogP contribution is -2.49. The van der Waals surface area contributed by atoms with Gasteiger partial charge in [-0.1, -0.05) is 169 Å². The molecule has 0 fully saturated rings. The highest BCUT2D eigenvalue weighted by Gasteiger charge is 2.45. The van der Waals surface area contributed by atoms with Crippen molar-refractivity contribution in [2.75, 3.05) is 26.7 Å². The molecule has 0 aliphatic heterocycles. The summed E-state index contributed by atoms with van der Waals surface area (Å²) in [5.74, 6) is 0.142. The summed E-state index contributed by atoms with van der Waals surface area (Å²) in [5.41, 5.74) is 2.53. The molecule has 2 N–H and O–H groups in total. The molecule has 4 aromatic rings. The van der Waals surface area contributed by atoms with E-state index in [0.717, 1.165) is 41.5 Å². The summed E-state index contributed by atoms with van der Waals surface area (Å²) >= 11 is 0. The number of hydrogen-bond acceptors (Lipinski definition) is 4. The van der Waals surface area contributed by atoms with E-state index in [0.29, 0.717) is 13.2 Å². The molecule has 0 radical (unpaired) electrons. The van der Waals surface area contributed by atoms with Crippen LogP contribution in [-0.4, -0.2) is 38.5 Å². The third-order valence-corrected chi connectivity index (χ3v) is 9.03. The van der Waals surface area contributed by atoms with E-state index < -0.39 is 10.8 Å². The molecule has 0 unspecified atom stereocenters. The van der Waals surface area contributed by atoms with Crippen molar-refractivity contribution in [2.45, 2.75) is 71.6 Å². The monoisotopic (exact) mass is 664 g/mol. The van der Waals surface area contributed by atoms with Gasteiger partial charge in [-0.2, -0.15) is 0 Å². The van der Waals surface area contributed by atoms with Crippen LogP contribution in [0.4, 0.5) is 0 Å². The number of amides is 2. The molecule has 0 saturated carbocycles. The second-order valence-corrected chi connectivity index (χ2v) is 12.9. The number of nitrogens with one attached hydrogen (secondary N) is 2. The standard InChI is InChI=1S/C22H29NO2.C21H27NO2/c1-4-5-16-25-17-23-21(24)22(18(2)3,19-12-8-6-9-13-19)20-14-10-7-11-15-20;1-4-15-24-16-22-20(23)21(17(2)3,18-11-7-5-8-12-18)19-13-9-6-10-14-19/h6-15,18H,4-5,16-17H2,1-3H3,(H,23,24);5-14,17H,4,15-16H2,1-3H3,(H,22,23). The molecular formula is C43H56N2O4. The van der Waals surface area contributed by atoms with Gasteiger partial charge in [0.1, 0.15) is 24.3 Å². The molecule has 0 atom stereocenters. The third-order valence-electron chi connectivity index (χ3n) is 9.03. The second-order valence-electron chi connectivity index (χ2n) is 12.9. The topological polar surface area (TPSA) is 76.7 Å². The van der Waals surface area contributed by atoms with Gasteiger partial charge in [0.05, 0.1) is 0 Å². The van der Waals surface area contributed by atoms with Crippen molar-refractivity contribution in [3.8, 4) is 0 Å². The van der Waals surface area contributed by atoms with Crippen molar-refractivity contribution in [3.63, 3.8) is 0 Å². The first-order chi connectivity index (χ1) is 23.8. The molecule has 0 bridgehead atoms. The Kier molecular flexibility index (Phi) is 16.2. The molecular weight excluding hydrogens is 608 g/mol. The molecule has 0 heterocycles.